The van der Waals surface area contributed by atoms with Crippen LogP contribution in [0.2, 0.25) is 5.02 Å². The average Bonchev–Trinajstić information content (AvgIpc) is 2.68. The third-order valence-electron chi connectivity index (χ3n) is 4.27. The van der Waals surface area contributed by atoms with E-state index in [0.717, 1.165) is 15.4 Å². The Labute approximate surface area is 165 Å². The molecular formula is C21H21ClN2O2S. The van der Waals surface area contributed by atoms with Crippen LogP contribution in [0.1, 0.15) is 17.2 Å². The summed E-state index contributed by atoms with van der Waals surface area (Å²) in [5.41, 5.74) is 2.84. The normalized spacial score (nSPS) is 11.7. The number of rotatable bonds is 6. The highest BCUT2D eigenvalue weighted by atomic mass is 35.5. The van der Waals surface area contributed by atoms with Gasteiger partial charge in [-0.3, -0.25) is 0 Å². The molecule has 1 N–H and O–H groups in total. The topological polar surface area (TPSA) is 49.4 Å². The summed E-state index contributed by atoms with van der Waals surface area (Å²) in [7, 11) is -0.657. The summed E-state index contributed by atoms with van der Waals surface area (Å²) in [6.07, 6.45) is 0. The molecule has 3 aromatic rings. The van der Waals surface area contributed by atoms with Crippen LogP contribution in [0.5, 0.6) is 0 Å². The van der Waals surface area contributed by atoms with Gasteiger partial charge >= 0.3 is 0 Å². The number of hydrogen-bond donors (Lipinski definition) is 1. The lowest BCUT2D eigenvalue weighted by molar-refractivity contribution is 0.521. The van der Waals surface area contributed by atoms with Crippen molar-refractivity contribution < 1.29 is 8.42 Å². The van der Waals surface area contributed by atoms with Gasteiger partial charge in [0.1, 0.15) is 4.90 Å². The van der Waals surface area contributed by atoms with Crippen LogP contribution in [0.15, 0.2) is 83.8 Å². The van der Waals surface area contributed by atoms with E-state index in [-0.39, 0.29) is 16.0 Å². The molecular weight excluding hydrogens is 380 g/mol. The van der Waals surface area contributed by atoms with Crippen molar-refractivity contribution in [1.82, 2.24) is 4.31 Å². The zero-order chi connectivity index (χ0) is 19.4. The van der Waals surface area contributed by atoms with Crippen LogP contribution in [0, 0.1) is 0 Å². The molecule has 0 saturated carbocycles. The zero-order valence-electron chi connectivity index (χ0n) is 15.1. The van der Waals surface area contributed by atoms with Crippen molar-refractivity contribution >= 4 is 27.3 Å². The average molecular weight is 401 g/mol. The number of nitrogens with zero attached hydrogens (tertiary/aromatic N) is 1. The van der Waals surface area contributed by atoms with Crippen molar-refractivity contribution in [3.05, 3.63) is 95.0 Å². The van der Waals surface area contributed by atoms with Crippen LogP contribution in [-0.4, -0.2) is 26.8 Å². The van der Waals surface area contributed by atoms with Crippen LogP contribution in [-0.2, 0) is 10.0 Å². The summed E-state index contributed by atoms with van der Waals surface area (Å²) >= 11 is 6.16. The first-order valence-corrected chi connectivity index (χ1v) is 10.3. The maximum absolute atomic E-state index is 12.5. The first kappa shape index (κ1) is 19.4. The molecule has 0 fully saturated rings. The molecule has 27 heavy (non-hydrogen) atoms. The van der Waals surface area contributed by atoms with E-state index < -0.39 is 10.0 Å². The predicted octanol–water partition coefficient (Wildman–Crippen LogP) is 4.79. The Hall–Kier alpha value is -2.34. The summed E-state index contributed by atoms with van der Waals surface area (Å²) < 4.78 is 26.2. The first-order chi connectivity index (χ1) is 12.9. The summed E-state index contributed by atoms with van der Waals surface area (Å²) in [4.78, 5) is 0.0824. The van der Waals surface area contributed by atoms with Crippen LogP contribution < -0.4 is 5.32 Å². The lowest BCUT2D eigenvalue weighted by atomic mass is 9.98. The molecule has 3 rings (SSSR count). The molecule has 0 heterocycles. The van der Waals surface area contributed by atoms with Gasteiger partial charge in [0.2, 0.25) is 10.0 Å². The minimum absolute atomic E-state index is 0.0824. The Kier molecular flexibility index (Phi) is 5.85. The molecule has 0 atom stereocenters. The van der Waals surface area contributed by atoms with Gasteiger partial charge in [-0.15, -0.1) is 0 Å². The molecule has 6 heteroatoms. The molecule has 0 aliphatic rings. The van der Waals surface area contributed by atoms with E-state index in [9.17, 15) is 8.42 Å². The van der Waals surface area contributed by atoms with Crippen LogP contribution in [0.4, 0.5) is 5.69 Å². The second-order valence-electron chi connectivity index (χ2n) is 6.33. The summed E-state index contributed by atoms with van der Waals surface area (Å²) in [6.45, 7) is 0. The lowest BCUT2D eigenvalue weighted by Crippen LogP contribution is -2.22. The van der Waals surface area contributed by atoms with E-state index in [1.807, 2.05) is 60.7 Å². The number of hydrogen-bond acceptors (Lipinski definition) is 3. The van der Waals surface area contributed by atoms with Crippen molar-refractivity contribution in [2.75, 3.05) is 19.4 Å². The number of sulfonamides is 1. The van der Waals surface area contributed by atoms with E-state index in [1.165, 1.54) is 14.1 Å². The number of anilines is 1. The van der Waals surface area contributed by atoms with E-state index >= 15 is 0 Å². The van der Waals surface area contributed by atoms with Gasteiger partial charge in [-0.2, -0.15) is 0 Å². The molecule has 0 aliphatic heterocycles. The van der Waals surface area contributed by atoms with Crippen molar-refractivity contribution in [2.24, 2.45) is 0 Å². The highest BCUT2D eigenvalue weighted by molar-refractivity contribution is 7.89. The Morgan fingerprint density at radius 2 is 1.37 bits per heavy atom. The highest BCUT2D eigenvalue weighted by Crippen LogP contribution is 2.31. The second kappa shape index (κ2) is 8.13. The number of nitrogens with one attached hydrogen (secondary N) is 1. The first-order valence-electron chi connectivity index (χ1n) is 8.48. The SMILES string of the molecule is CN(C)S(=O)(=O)c1cc(NC(c2ccccc2)c2ccccc2)ccc1Cl. The minimum atomic E-state index is -3.63. The van der Waals surface area contributed by atoms with Crippen molar-refractivity contribution in [3.8, 4) is 0 Å². The van der Waals surface area contributed by atoms with Crippen LogP contribution in [0.3, 0.4) is 0 Å². The Morgan fingerprint density at radius 1 is 0.852 bits per heavy atom. The molecule has 3 aromatic carbocycles. The zero-order valence-corrected chi connectivity index (χ0v) is 16.7. The van der Waals surface area contributed by atoms with E-state index in [2.05, 4.69) is 5.32 Å². The molecule has 0 saturated heterocycles. The Morgan fingerprint density at radius 3 is 1.85 bits per heavy atom. The smallest absolute Gasteiger partial charge is 0.244 e. The quantitative estimate of drug-likeness (QED) is 0.647. The monoisotopic (exact) mass is 400 g/mol. The fraction of sp³-hybridized carbons (Fsp3) is 0.143. The molecule has 140 valence electrons. The van der Waals surface area contributed by atoms with Gasteiger partial charge in [0.15, 0.2) is 0 Å². The van der Waals surface area contributed by atoms with Gasteiger partial charge in [0.05, 0.1) is 11.1 Å². The molecule has 0 amide bonds. The van der Waals surface area contributed by atoms with E-state index in [0.29, 0.717) is 5.69 Å². The number of halogens is 1. The fourth-order valence-electron chi connectivity index (χ4n) is 2.80. The predicted molar refractivity (Wildman–Crippen MR) is 111 cm³/mol. The van der Waals surface area contributed by atoms with Crippen LogP contribution >= 0.6 is 11.6 Å². The van der Waals surface area contributed by atoms with Gasteiger partial charge in [0, 0.05) is 19.8 Å². The van der Waals surface area contributed by atoms with E-state index in [1.54, 1.807) is 18.2 Å². The van der Waals surface area contributed by atoms with Gasteiger partial charge in [-0.05, 0) is 29.3 Å². The Bertz CT molecular complexity index is 967. The molecule has 0 radical (unpaired) electrons. The summed E-state index contributed by atoms with van der Waals surface area (Å²) in [5, 5.41) is 3.65. The highest BCUT2D eigenvalue weighted by Gasteiger charge is 2.22. The van der Waals surface area contributed by atoms with Crippen molar-refractivity contribution in [3.63, 3.8) is 0 Å². The largest absolute Gasteiger partial charge is 0.374 e. The van der Waals surface area contributed by atoms with Crippen molar-refractivity contribution in [2.45, 2.75) is 10.9 Å². The summed E-state index contributed by atoms with van der Waals surface area (Å²) in [6, 6.07) is 24.9. The summed E-state index contributed by atoms with van der Waals surface area (Å²) in [5.74, 6) is 0. The molecule has 0 spiro atoms. The Balaban J connectivity index is 2.03. The van der Waals surface area contributed by atoms with Gasteiger partial charge < -0.3 is 5.32 Å². The van der Waals surface area contributed by atoms with Crippen molar-refractivity contribution in [1.29, 1.82) is 0 Å². The minimum Gasteiger partial charge on any atom is -0.374 e. The molecule has 0 aliphatic carbocycles. The molecule has 4 nitrogen and oxygen atoms in total. The third-order valence-corrected chi connectivity index (χ3v) is 6.56. The van der Waals surface area contributed by atoms with Crippen LogP contribution in [0.25, 0.3) is 0 Å². The van der Waals surface area contributed by atoms with E-state index in [4.69, 9.17) is 11.6 Å². The van der Waals surface area contributed by atoms with Gasteiger partial charge in [0.25, 0.3) is 0 Å². The molecule has 0 aromatic heterocycles. The lowest BCUT2D eigenvalue weighted by Gasteiger charge is -2.22. The third kappa shape index (κ3) is 4.33. The second-order valence-corrected chi connectivity index (χ2v) is 8.86. The van der Waals surface area contributed by atoms with Gasteiger partial charge in [-0.1, -0.05) is 72.3 Å². The maximum Gasteiger partial charge on any atom is 0.244 e. The maximum atomic E-state index is 12.5. The molecule has 0 bridgehead atoms. The fourth-order valence-corrected chi connectivity index (χ4v) is 4.20. The standard InChI is InChI=1S/C21H21ClN2O2S/c1-24(2)27(25,26)20-15-18(13-14-19(20)22)23-21(16-9-5-3-6-10-16)17-11-7-4-8-12-17/h3-15,21,23H,1-2H3. The number of benzene rings is 3. The van der Waals surface area contributed by atoms with Gasteiger partial charge in [-0.25, -0.2) is 12.7 Å². The molecule has 0 unspecified atom stereocenters.